The van der Waals surface area contributed by atoms with Crippen molar-refractivity contribution >= 4 is 17.5 Å². The highest BCUT2D eigenvalue weighted by atomic mass is 16.2. The number of hydrogen-bond donors (Lipinski definition) is 2. The van der Waals surface area contributed by atoms with Crippen molar-refractivity contribution < 1.29 is 9.59 Å². The molecule has 2 heterocycles. The molecule has 0 atom stereocenters. The average Bonchev–Trinajstić information content (AvgIpc) is 3.06. The number of Topliss-reactive ketones (excluding diaryl/α,β-unsaturated/α-hetero) is 1. The van der Waals surface area contributed by atoms with E-state index in [1.54, 1.807) is 17.7 Å². The van der Waals surface area contributed by atoms with Crippen LogP contribution in [0.3, 0.4) is 0 Å². The summed E-state index contributed by atoms with van der Waals surface area (Å²) in [5.74, 6) is 0.345. The molecule has 0 saturated carbocycles. The number of carbonyl (C=O) groups is 2. The number of aromatic nitrogens is 3. The molecule has 1 aliphatic carbocycles. The number of amides is 1. The van der Waals surface area contributed by atoms with Crippen LogP contribution in [-0.4, -0.2) is 26.5 Å². The number of nitrogens with zero attached hydrogens (tertiary/aromatic N) is 3. The van der Waals surface area contributed by atoms with Crippen LogP contribution in [0.15, 0.2) is 6.07 Å². The molecule has 24 heavy (non-hydrogen) atoms. The van der Waals surface area contributed by atoms with Crippen molar-refractivity contribution in [2.24, 2.45) is 0 Å². The van der Waals surface area contributed by atoms with Gasteiger partial charge in [0.15, 0.2) is 5.78 Å². The van der Waals surface area contributed by atoms with E-state index in [0.29, 0.717) is 42.0 Å². The molecule has 7 nitrogen and oxygen atoms in total. The van der Waals surface area contributed by atoms with Gasteiger partial charge in [0.05, 0.1) is 24.7 Å². The standard InChI is InChI=1S/C17H19N5O2/c1-10-9-14(22(21-10)8-4-7-18)20-17(24)16-11(2)15-12(19-16)5-3-6-13(15)23/h9,19H,3-6,8H2,1-2H3,(H,20,24). The molecule has 0 bridgehead atoms. The summed E-state index contributed by atoms with van der Waals surface area (Å²) in [5.41, 5.74) is 3.40. The second-order valence-corrected chi connectivity index (χ2v) is 6.01. The Bertz CT molecular complexity index is 853. The zero-order chi connectivity index (χ0) is 17.3. The Labute approximate surface area is 139 Å². The van der Waals surface area contributed by atoms with Crippen LogP contribution in [0.1, 0.15) is 57.1 Å². The number of rotatable bonds is 4. The van der Waals surface area contributed by atoms with Crippen molar-refractivity contribution in [3.8, 4) is 6.07 Å². The lowest BCUT2D eigenvalue weighted by Gasteiger charge is -2.09. The normalized spacial score (nSPS) is 13.5. The third-order valence-corrected chi connectivity index (χ3v) is 4.24. The summed E-state index contributed by atoms with van der Waals surface area (Å²) in [4.78, 5) is 27.8. The Kier molecular flexibility index (Phi) is 4.21. The number of nitriles is 1. The smallest absolute Gasteiger partial charge is 0.273 e. The molecule has 124 valence electrons. The minimum absolute atomic E-state index is 0.0963. The topological polar surface area (TPSA) is 104 Å². The van der Waals surface area contributed by atoms with Crippen molar-refractivity contribution in [2.45, 2.75) is 46.1 Å². The molecule has 0 radical (unpaired) electrons. The Balaban J connectivity index is 1.86. The summed E-state index contributed by atoms with van der Waals surface area (Å²) in [7, 11) is 0. The summed E-state index contributed by atoms with van der Waals surface area (Å²) in [5, 5.41) is 15.8. The van der Waals surface area contributed by atoms with Gasteiger partial charge in [0.2, 0.25) is 0 Å². The molecule has 2 aromatic heterocycles. The van der Waals surface area contributed by atoms with Crippen LogP contribution in [0.25, 0.3) is 0 Å². The summed E-state index contributed by atoms with van der Waals surface area (Å²) >= 11 is 0. The van der Waals surface area contributed by atoms with E-state index < -0.39 is 0 Å². The monoisotopic (exact) mass is 325 g/mol. The molecule has 2 N–H and O–H groups in total. The highest BCUT2D eigenvalue weighted by Crippen LogP contribution is 2.27. The lowest BCUT2D eigenvalue weighted by Crippen LogP contribution is -2.17. The average molecular weight is 325 g/mol. The number of carbonyl (C=O) groups excluding carboxylic acids is 2. The number of hydrogen-bond acceptors (Lipinski definition) is 4. The zero-order valence-electron chi connectivity index (χ0n) is 13.8. The lowest BCUT2D eigenvalue weighted by molar-refractivity contribution is 0.0971. The fourth-order valence-corrected chi connectivity index (χ4v) is 3.15. The van der Waals surface area contributed by atoms with Crippen molar-refractivity contribution in [2.75, 3.05) is 5.32 Å². The van der Waals surface area contributed by atoms with E-state index in [1.807, 2.05) is 6.92 Å². The van der Waals surface area contributed by atoms with Gasteiger partial charge in [-0.3, -0.25) is 9.59 Å². The first-order valence-corrected chi connectivity index (χ1v) is 7.98. The van der Waals surface area contributed by atoms with E-state index in [-0.39, 0.29) is 11.7 Å². The minimum atomic E-state index is -0.298. The number of nitrogens with one attached hydrogen (secondary N) is 2. The van der Waals surface area contributed by atoms with E-state index in [0.717, 1.165) is 24.2 Å². The first-order valence-electron chi connectivity index (χ1n) is 7.98. The second-order valence-electron chi connectivity index (χ2n) is 6.01. The third-order valence-electron chi connectivity index (χ3n) is 4.24. The van der Waals surface area contributed by atoms with Gasteiger partial charge in [0.25, 0.3) is 5.91 Å². The Morgan fingerprint density at radius 1 is 1.46 bits per heavy atom. The van der Waals surface area contributed by atoms with Crippen LogP contribution in [0.5, 0.6) is 0 Å². The molecule has 0 saturated heterocycles. The first kappa shape index (κ1) is 16.0. The second kappa shape index (κ2) is 6.32. The highest BCUT2D eigenvalue weighted by molar-refractivity contribution is 6.08. The molecule has 2 aromatic rings. The number of anilines is 1. The van der Waals surface area contributed by atoms with Crippen molar-refractivity contribution in [1.82, 2.24) is 14.8 Å². The Morgan fingerprint density at radius 2 is 2.25 bits per heavy atom. The van der Waals surface area contributed by atoms with E-state index in [2.05, 4.69) is 21.5 Å². The van der Waals surface area contributed by atoms with Gasteiger partial charge >= 0.3 is 0 Å². The van der Waals surface area contributed by atoms with Gasteiger partial charge in [-0.2, -0.15) is 10.4 Å². The fraction of sp³-hybridized carbons (Fsp3) is 0.412. The largest absolute Gasteiger partial charge is 0.354 e. The van der Waals surface area contributed by atoms with Crippen molar-refractivity contribution in [3.05, 3.63) is 34.3 Å². The molecule has 0 fully saturated rings. The predicted molar refractivity (Wildman–Crippen MR) is 87.9 cm³/mol. The number of fused-ring (bicyclic) bond motifs is 1. The number of ketones is 1. The van der Waals surface area contributed by atoms with Gasteiger partial charge in [0, 0.05) is 23.7 Å². The van der Waals surface area contributed by atoms with E-state index in [1.165, 1.54) is 0 Å². The van der Waals surface area contributed by atoms with Crippen LogP contribution >= 0.6 is 0 Å². The maximum Gasteiger partial charge on any atom is 0.273 e. The minimum Gasteiger partial charge on any atom is -0.354 e. The number of aromatic amines is 1. The zero-order valence-corrected chi connectivity index (χ0v) is 13.8. The van der Waals surface area contributed by atoms with Crippen LogP contribution in [0, 0.1) is 25.2 Å². The van der Waals surface area contributed by atoms with Crippen LogP contribution in [0.4, 0.5) is 5.82 Å². The molecule has 0 unspecified atom stereocenters. The molecular formula is C17H19N5O2. The Morgan fingerprint density at radius 3 is 2.96 bits per heavy atom. The van der Waals surface area contributed by atoms with Gasteiger partial charge < -0.3 is 10.3 Å². The van der Waals surface area contributed by atoms with E-state index in [9.17, 15) is 9.59 Å². The molecule has 1 amide bonds. The quantitative estimate of drug-likeness (QED) is 0.901. The number of aryl methyl sites for hydroxylation is 3. The summed E-state index contributed by atoms with van der Waals surface area (Å²) in [6.45, 7) is 4.04. The van der Waals surface area contributed by atoms with Crippen molar-refractivity contribution in [1.29, 1.82) is 5.26 Å². The number of H-pyrrole nitrogens is 1. The van der Waals surface area contributed by atoms with Gasteiger partial charge in [-0.1, -0.05) is 0 Å². The van der Waals surface area contributed by atoms with Crippen LogP contribution in [0.2, 0.25) is 0 Å². The van der Waals surface area contributed by atoms with Crippen molar-refractivity contribution in [3.63, 3.8) is 0 Å². The maximum atomic E-state index is 12.6. The highest BCUT2D eigenvalue weighted by Gasteiger charge is 2.26. The van der Waals surface area contributed by atoms with Gasteiger partial charge in [-0.05, 0) is 32.3 Å². The predicted octanol–water partition coefficient (Wildman–Crippen LogP) is 2.51. The molecular weight excluding hydrogens is 306 g/mol. The van der Waals surface area contributed by atoms with Gasteiger partial charge in [-0.25, -0.2) is 4.68 Å². The third kappa shape index (κ3) is 2.83. The Hall–Kier alpha value is -2.88. The summed E-state index contributed by atoms with van der Waals surface area (Å²) < 4.78 is 1.61. The molecule has 1 aliphatic rings. The molecule has 3 rings (SSSR count). The van der Waals surface area contributed by atoms with Crippen LogP contribution in [-0.2, 0) is 13.0 Å². The molecule has 7 heteroatoms. The molecule has 0 spiro atoms. The summed E-state index contributed by atoms with van der Waals surface area (Å²) in [6, 6.07) is 3.83. The van der Waals surface area contributed by atoms with E-state index in [4.69, 9.17) is 5.26 Å². The fourth-order valence-electron chi connectivity index (χ4n) is 3.15. The van der Waals surface area contributed by atoms with E-state index >= 15 is 0 Å². The van der Waals surface area contributed by atoms with Gasteiger partial charge in [-0.15, -0.1) is 0 Å². The maximum absolute atomic E-state index is 12.6. The lowest BCUT2D eigenvalue weighted by atomic mass is 9.94. The SMILES string of the molecule is Cc1cc(NC(=O)c2[nH]c3c(c2C)C(=O)CCC3)n(CCC#N)n1. The van der Waals surface area contributed by atoms with Crippen LogP contribution < -0.4 is 5.32 Å². The van der Waals surface area contributed by atoms with Gasteiger partial charge in [0.1, 0.15) is 11.5 Å². The summed E-state index contributed by atoms with van der Waals surface area (Å²) in [6.07, 6.45) is 2.45. The molecule has 0 aliphatic heterocycles. The first-order chi connectivity index (χ1) is 11.5. The molecule has 0 aromatic carbocycles.